The molecule has 2 aromatic rings. The van der Waals surface area contributed by atoms with E-state index in [1.165, 1.54) is 0 Å². The van der Waals surface area contributed by atoms with Crippen molar-refractivity contribution < 1.29 is 4.74 Å². The van der Waals surface area contributed by atoms with E-state index >= 15 is 0 Å². The predicted molar refractivity (Wildman–Crippen MR) is 83.0 cm³/mol. The molecule has 0 radical (unpaired) electrons. The van der Waals surface area contributed by atoms with Gasteiger partial charge in [0.2, 0.25) is 0 Å². The lowest BCUT2D eigenvalue weighted by Crippen LogP contribution is -1.90. The fourth-order valence-electron chi connectivity index (χ4n) is 1.56. The molecule has 0 unspecified atom stereocenters. The lowest BCUT2D eigenvalue weighted by molar-refractivity contribution is 0.478. The number of aryl methyl sites for hydroxylation is 1. The molecule has 0 fully saturated rings. The van der Waals surface area contributed by atoms with Crippen molar-refractivity contribution in [3.63, 3.8) is 0 Å². The molecule has 2 rings (SSSR count). The molecule has 0 aromatic heterocycles. The van der Waals surface area contributed by atoms with Gasteiger partial charge in [-0.1, -0.05) is 43.5 Å². The predicted octanol–water partition coefficient (Wildman–Crippen LogP) is 6.10. The lowest BCUT2D eigenvalue weighted by atomic mass is 10.2. The van der Waals surface area contributed by atoms with Crippen LogP contribution in [-0.2, 0) is 5.33 Å². The van der Waals surface area contributed by atoms with Gasteiger partial charge in [0.05, 0.1) is 0 Å². The highest BCUT2D eigenvalue weighted by atomic mass is 79.9. The van der Waals surface area contributed by atoms with Crippen LogP contribution in [0.1, 0.15) is 11.1 Å². The molecule has 94 valence electrons. The molecule has 0 aliphatic heterocycles. The zero-order chi connectivity index (χ0) is 13.1. The average Bonchev–Trinajstić information content (AvgIpc) is 2.36. The minimum absolute atomic E-state index is 0.707. The van der Waals surface area contributed by atoms with Gasteiger partial charge in [-0.15, -0.1) is 0 Å². The third-order valence-electron chi connectivity index (χ3n) is 2.52. The van der Waals surface area contributed by atoms with E-state index in [1.807, 2.05) is 43.3 Å². The minimum Gasteiger partial charge on any atom is -0.457 e. The van der Waals surface area contributed by atoms with Gasteiger partial charge in [0.25, 0.3) is 0 Å². The van der Waals surface area contributed by atoms with E-state index in [1.54, 1.807) is 0 Å². The molecule has 0 amide bonds. The Kier molecular flexibility index (Phi) is 4.71. The SMILES string of the molecule is Cc1cc(Oc2ccc(Cl)cc2CBr)ccc1Br. The summed E-state index contributed by atoms with van der Waals surface area (Å²) in [5.74, 6) is 1.64. The summed E-state index contributed by atoms with van der Waals surface area (Å²) < 4.78 is 6.96. The first-order valence-electron chi connectivity index (χ1n) is 5.38. The van der Waals surface area contributed by atoms with Crippen LogP contribution in [0.5, 0.6) is 11.5 Å². The van der Waals surface area contributed by atoms with Gasteiger partial charge in [-0.25, -0.2) is 0 Å². The smallest absolute Gasteiger partial charge is 0.131 e. The van der Waals surface area contributed by atoms with E-state index in [9.17, 15) is 0 Å². The van der Waals surface area contributed by atoms with Crippen molar-refractivity contribution >= 4 is 43.5 Å². The van der Waals surface area contributed by atoms with Gasteiger partial charge in [-0.3, -0.25) is 0 Å². The van der Waals surface area contributed by atoms with Crippen molar-refractivity contribution in [2.24, 2.45) is 0 Å². The van der Waals surface area contributed by atoms with E-state index in [4.69, 9.17) is 16.3 Å². The Morgan fingerprint density at radius 1 is 1.17 bits per heavy atom. The highest BCUT2D eigenvalue weighted by molar-refractivity contribution is 9.10. The van der Waals surface area contributed by atoms with Crippen molar-refractivity contribution in [3.05, 3.63) is 57.0 Å². The second-order valence-electron chi connectivity index (χ2n) is 3.90. The molecule has 0 N–H and O–H groups in total. The van der Waals surface area contributed by atoms with Crippen LogP contribution in [0.3, 0.4) is 0 Å². The topological polar surface area (TPSA) is 9.23 Å². The number of benzene rings is 2. The van der Waals surface area contributed by atoms with E-state index < -0.39 is 0 Å². The normalized spacial score (nSPS) is 10.4. The molecule has 0 heterocycles. The highest BCUT2D eigenvalue weighted by Crippen LogP contribution is 2.31. The summed E-state index contributed by atoms with van der Waals surface area (Å²) >= 11 is 12.9. The summed E-state index contributed by atoms with van der Waals surface area (Å²) in [6, 6.07) is 11.5. The summed E-state index contributed by atoms with van der Waals surface area (Å²) in [7, 11) is 0. The Balaban J connectivity index is 2.30. The van der Waals surface area contributed by atoms with E-state index in [0.717, 1.165) is 27.1 Å². The Labute approximate surface area is 128 Å². The second-order valence-corrected chi connectivity index (χ2v) is 5.75. The van der Waals surface area contributed by atoms with Crippen molar-refractivity contribution in [3.8, 4) is 11.5 Å². The monoisotopic (exact) mass is 388 g/mol. The fourth-order valence-corrected chi connectivity index (χ4v) is 2.44. The van der Waals surface area contributed by atoms with Crippen LogP contribution < -0.4 is 4.74 Å². The van der Waals surface area contributed by atoms with E-state index in [2.05, 4.69) is 31.9 Å². The minimum atomic E-state index is 0.707. The number of hydrogen-bond acceptors (Lipinski definition) is 1. The molecule has 0 aliphatic carbocycles. The first kappa shape index (κ1) is 13.9. The molecular weight excluding hydrogens is 379 g/mol. The van der Waals surface area contributed by atoms with Gasteiger partial charge < -0.3 is 4.74 Å². The second kappa shape index (κ2) is 6.09. The summed E-state index contributed by atoms with van der Waals surface area (Å²) in [6.07, 6.45) is 0. The molecule has 2 aromatic carbocycles. The average molecular weight is 391 g/mol. The molecule has 0 aliphatic rings. The highest BCUT2D eigenvalue weighted by Gasteiger charge is 2.06. The Bertz CT molecular complexity index is 570. The molecule has 0 saturated carbocycles. The van der Waals surface area contributed by atoms with Crippen LogP contribution in [-0.4, -0.2) is 0 Å². The van der Waals surface area contributed by atoms with E-state index in [-0.39, 0.29) is 0 Å². The Morgan fingerprint density at radius 2 is 1.94 bits per heavy atom. The van der Waals surface area contributed by atoms with Crippen LogP contribution in [0, 0.1) is 6.92 Å². The van der Waals surface area contributed by atoms with Gasteiger partial charge >= 0.3 is 0 Å². The van der Waals surface area contributed by atoms with Crippen molar-refractivity contribution in [2.45, 2.75) is 12.3 Å². The van der Waals surface area contributed by atoms with Crippen LogP contribution in [0.2, 0.25) is 5.02 Å². The molecule has 18 heavy (non-hydrogen) atoms. The number of hydrogen-bond donors (Lipinski definition) is 0. The van der Waals surface area contributed by atoms with Gasteiger partial charge in [-0.05, 0) is 48.9 Å². The zero-order valence-electron chi connectivity index (χ0n) is 9.71. The quantitative estimate of drug-likeness (QED) is 0.576. The van der Waals surface area contributed by atoms with Crippen LogP contribution in [0.15, 0.2) is 40.9 Å². The summed E-state index contributed by atoms with van der Waals surface area (Å²) in [5, 5.41) is 1.42. The Morgan fingerprint density at radius 3 is 2.61 bits per heavy atom. The van der Waals surface area contributed by atoms with Gasteiger partial charge in [0.15, 0.2) is 0 Å². The molecule has 0 saturated heterocycles. The molecule has 0 atom stereocenters. The fraction of sp³-hybridized carbons (Fsp3) is 0.143. The number of ether oxygens (including phenoxy) is 1. The molecule has 4 heteroatoms. The van der Waals surface area contributed by atoms with Crippen LogP contribution >= 0.6 is 43.5 Å². The summed E-state index contributed by atoms with van der Waals surface area (Å²) in [4.78, 5) is 0. The summed E-state index contributed by atoms with van der Waals surface area (Å²) in [6.45, 7) is 2.03. The van der Waals surface area contributed by atoms with Gasteiger partial charge in [0, 0.05) is 20.4 Å². The van der Waals surface area contributed by atoms with Crippen molar-refractivity contribution in [2.75, 3.05) is 0 Å². The third-order valence-corrected chi connectivity index (χ3v) is 4.25. The summed E-state index contributed by atoms with van der Waals surface area (Å²) in [5.41, 5.74) is 2.17. The molecule has 1 nitrogen and oxygen atoms in total. The van der Waals surface area contributed by atoms with Crippen molar-refractivity contribution in [1.29, 1.82) is 0 Å². The number of halogens is 3. The number of rotatable bonds is 3. The first-order valence-corrected chi connectivity index (χ1v) is 7.68. The molecular formula is C14H11Br2ClO. The zero-order valence-corrected chi connectivity index (χ0v) is 13.6. The molecule has 0 spiro atoms. The van der Waals surface area contributed by atoms with Crippen LogP contribution in [0.4, 0.5) is 0 Å². The maximum absolute atomic E-state index is 5.96. The molecule has 0 bridgehead atoms. The largest absolute Gasteiger partial charge is 0.457 e. The first-order chi connectivity index (χ1) is 8.60. The maximum Gasteiger partial charge on any atom is 0.131 e. The van der Waals surface area contributed by atoms with Crippen molar-refractivity contribution in [1.82, 2.24) is 0 Å². The van der Waals surface area contributed by atoms with Crippen LogP contribution in [0.25, 0.3) is 0 Å². The Hall–Kier alpha value is -0.510. The van der Waals surface area contributed by atoms with E-state index in [0.29, 0.717) is 10.4 Å². The third kappa shape index (κ3) is 3.28. The number of alkyl halides is 1. The van der Waals surface area contributed by atoms with Gasteiger partial charge in [0.1, 0.15) is 11.5 Å². The van der Waals surface area contributed by atoms with Gasteiger partial charge in [-0.2, -0.15) is 0 Å². The standard InChI is InChI=1S/C14H11Br2ClO/c1-9-6-12(3-4-13(9)16)18-14-5-2-11(17)7-10(14)8-15/h2-7H,8H2,1H3. The maximum atomic E-state index is 5.96. The lowest BCUT2D eigenvalue weighted by Gasteiger charge is -2.11.